The SMILES string of the molecule is CC(=O)N1CCC(C(=O)Nc2cnn(C[C@H]3COc4ccccc4O3)c2)CC1. The number of carbonyl (C=O) groups is 2. The molecule has 0 aliphatic carbocycles. The van der Waals surface area contributed by atoms with Crippen LogP contribution in [0.3, 0.4) is 0 Å². The Bertz CT molecular complexity index is 857. The van der Waals surface area contributed by atoms with Crippen molar-refractivity contribution in [2.24, 2.45) is 5.92 Å². The van der Waals surface area contributed by atoms with E-state index in [2.05, 4.69) is 10.4 Å². The third kappa shape index (κ3) is 4.11. The van der Waals surface area contributed by atoms with Gasteiger partial charge in [0.05, 0.1) is 18.4 Å². The molecule has 0 bridgehead atoms. The van der Waals surface area contributed by atoms with Crippen molar-refractivity contribution in [3.05, 3.63) is 36.7 Å². The number of hydrogen-bond acceptors (Lipinski definition) is 5. The number of carbonyl (C=O) groups excluding carboxylic acids is 2. The molecule has 2 aliphatic heterocycles. The van der Waals surface area contributed by atoms with Crippen LogP contribution in [0.2, 0.25) is 0 Å². The van der Waals surface area contributed by atoms with Gasteiger partial charge in [0.25, 0.3) is 0 Å². The summed E-state index contributed by atoms with van der Waals surface area (Å²) in [6.07, 6.45) is 4.67. The van der Waals surface area contributed by atoms with Gasteiger partial charge in [-0.3, -0.25) is 14.3 Å². The number of aromatic nitrogens is 2. The van der Waals surface area contributed by atoms with Crippen LogP contribution in [-0.2, 0) is 16.1 Å². The van der Waals surface area contributed by atoms with Crippen LogP contribution >= 0.6 is 0 Å². The minimum absolute atomic E-state index is 0.0195. The van der Waals surface area contributed by atoms with Gasteiger partial charge in [-0.2, -0.15) is 5.10 Å². The lowest BCUT2D eigenvalue weighted by Crippen LogP contribution is -2.40. The number of nitrogens with zero attached hydrogens (tertiary/aromatic N) is 3. The summed E-state index contributed by atoms with van der Waals surface area (Å²) >= 11 is 0. The summed E-state index contributed by atoms with van der Waals surface area (Å²) in [6.45, 7) is 3.81. The first-order chi connectivity index (χ1) is 13.6. The number of likely N-dealkylation sites (tertiary alicyclic amines) is 1. The molecule has 3 heterocycles. The van der Waals surface area contributed by atoms with Gasteiger partial charge in [-0.1, -0.05) is 12.1 Å². The maximum absolute atomic E-state index is 12.5. The van der Waals surface area contributed by atoms with Gasteiger partial charge in [0.2, 0.25) is 11.8 Å². The zero-order chi connectivity index (χ0) is 19.5. The van der Waals surface area contributed by atoms with Gasteiger partial charge in [0, 0.05) is 32.1 Å². The molecule has 2 aromatic rings. The van der Waals surface area contributed by atoms with Gasteiger partial charge in [0.15, 0.2) is 17.6 Å². The zero-order valence-electron chi connectivity index (χ0n) is 15.8. The van der Waals surface area contributed by atoms with Crippen molar-refractivity contribution >= 4 is 17.5 Å². The van der Waals surface area contributed by atoms with E-state index in [0.29, 0.717) is 44.8 Å². The maximum Gasteiger partial charge on any atom is 0.227 e. The fourth-order valence-electron chi connectivity index (χ4n) is 3.59. The van der Waals surface area contributed by atoms with Crippen LogP contribution in [0.15, 0.2) is 36.7 Å². The molecule has 1 atom stereocenters. The summed E-state index contributed by atoms with van der Waals surface area (Å²) in [5.74, 6) is 1.45. The number of benzene rings is 1. The standard InChI is InChI=1S/C20H24N4O4/c1-14(25)23-8-6-15(7-9-23)20(26)22-16-10-21-24(11-16)12-17-13-27-18-4-2-3-5-19(18)28-17/h2-5,10-11,15,17H,6-9,12-13H2,1H3,(H,22,26)/t17-/m0/s1. The second-order valence-corrected chi connectivity index (χ2v) is 7.22. The molecule has 1 aromatic carbocycles. The zero-order valence-corrected chi connectivity index (χ0v) is 15.8. The highest BCUT2D eigenvalue weighted by molar-refractivity contribution is 5.92. The first-order valence-electron chi connectivity index (χ1n) is 9.56. The number of nitrogens with one attached hydrogen (secondary N) is 1. The molecule has 0 unspecified atom stereocenters. The highest BCUT2D eigenvalue weighted by atomic mass is 16.6. The second kappa shape index (κ2) is 7.92. The minimum Gasteiger partial charge on any atom is -0.486 e. The predicted molar refractivity (Wildman–Crippen MR) is 102 cm³/mol. The van der Waals surface area contributed by atoms with Crippen LogP contribution in [0.4, 0.5) is 5.69 Å². The molecule has 2 aliphatic rings. The summed E-state index contributed by atoms with van der Waals surface area (Å²) in [5.41, 5.74) is 0.663. The van der Waals surface area contributed by atoms with Gasteiger partial charge in [-0.15, -0.1) is 0 Å². The van der Waals surface area contributed by atoms with Gasteiger partial charge >= 0.3 is 0 Å². The lowest BCUT2D eigenvalue weighted by molar-refractivity contribution is -0.132. The molecular weight excluding hydrogens is 360 g/mol. The molecule has 2 amide bonds. The first-order valence-corrected chi connectivity index (χ1v) is 9.56. The van der Waals surface area contributed by atoms with E-state index in [0.717, 1.165) is 11.5 Å². The molecule has 1 saturated heterocycles. The van der Waals surface area contributed by atoms with Crippen molar-refractivity contribution < 1.29 is 19.1 Å². The summed E-state index contributed by atoms with van der Waals surface area (Å²) in [7, 11) is 0. The molecule has 1 aromatic heterocycles. The molecule has 1 N–H and O–H groups in total. The van der Waals surface area contributed by atoms with E-state index in [1.165, 1.54) is 0 Å². The molecule has 0 spiro atoms. The number of para-hydroxylation sites is 2. The fraction of sp³-hybridized carbons (Fsp3) is 0.450. The molecular formula is C20H24N4O4. The van der Waals surface area contributed by atoms with Crippen molar-refractivity contribution in [3.63, 3.8) is 0 Å². The summed E-state index contributed by atoms with van der Waals surface area (Å²) in [5, 5.41) is 7.24. The van der Waals surface area contributed by atoms with Crippen LogP contribution < -0.4 is 14.8 Å². The predicted octanol–water partition coefficient (Wildman–Crippen LogP) is 1.92. The third-order valence-electron chi connectivity index (χ3n) is 5.17. The molecule has 1 fully saturated rings. The second-order valence-electron chi connectivity index (χ2n) is 7.22. The van der Waals surface area contributed by atoms with Gasteiger partial charge < -0.3 is 19.7 Å². The minimum atomic E-state index is -0.144. The van der Waals surface area contributed by atoms with Crippen LogP contribution in [0.5, 0.6) is 11.5 Å². The summed E-state index contributed by atoms with van der Waals surface area (Å²) in [4.78, 5) is 25.7. The van der Waals surface area contributed by atoms with E-state index in [9.17, 15) is 9.59 Å². The molecule has 28 heavy (non-hydrogen) atoms. The van der Waals surface area contributed by atoms with Gasteiger partial charge in [-0.05, 0) is 25.0 Å². The monoisotopic (exact) mass is 384 g/mol. The fourth-order valence-corrected chi connectivity index (χ4v) is 3.59. The highest BCUT2D eigenvalue weighted by Gasteiger charge is 2.26. The van der Waals surface area contributed by atoms with Crippen molar-refractivity contribution in [2.45, 2.75) is 32.4 Å². The maximum atomic E-state index is 12.5. The quantitative estimate of drug-likeness (QED) is 0.870. The van der Waals surface area contributed by atoms with Crippen LogP contribution in [0.25, 0.3) is 0 Å². The molecule has 8 heteroatoms. The number of anilines is 1. The Morgan fingerprint density at radius 1 is 1.21 bits per heavy atom. The molecule has 0 radical (unpaired) electrons. The van der Waals surface area contributed by atoms with Crippen molar-refractivity contribution in [2.75, 3.05) is 25.0 Å². The largest absolute Gasteiger partial charge is 0.486 e. The van der Waals surface area contributed by atoms with E-state index in [1.807, 2.05) is 24.3 Å². The third-order valence-corrected chi connectivity index (χ3v) is 5.17. The Kier molecular flexibility index (Phi) is 5.18. The Balaban J connectivity index is 1.29. The molecule has 148 valence electrons. The smallest absolute Gasteiger partial charge is 0.227 e. The normalized spacial score (nSPS) is 19.3. The first kappa shape index (κ1) is 18.3. The molecule has 0 saturated carbocycles. The van der Waals surface area contributed by atoms with Crippen LogP contribution in [0, 0.1) is 5.92 Å². The number of amides is 2. The van der Waals surface area contributed by atoms with E-state index < -0.39 is 0 Å². The lowest BCUT2D eigenvalue weighted by Gasteiger charge is -2.30. The molecule has 8 nitrogen and oxygen atoms in total. The van der Waals surface area contributed by atoms with Crippen molar-refractivity contribution in [1.29, 1.82) is 0 Å². The van der Waals surface area contributed by atoms with Crippen LogP contribution in [0.1, 0.15) is 19.8 Å². The molecule has 4 rings (SSSR count). The Morgan fingerprint density at radius 3 is 2.71 bits per heavy atom. The average molecular weight is 384 g/mol. The Labute approximate surface area is 163 Å². The number of hydrogen-bond donors (Lipinski definition) is 1. The number of piperidine rings is 1. The van der Waals surface area contributed by atoms with E-state index in [1.54, 1.807) is 28.9 Å². The highest BCUT2D eigenvalue weighted by Crippen LogP contribution is 2.31. The number of fused-ring (bicyclic) bond motifs is 1. The number of ether oxygens (including phenoxy) is 2. The lowest BCUT2D eigenvalue weighted by atomic mass is 9.96. The van der Waals surface area contributed by atoms with Gasteiger partial charge in [-0.25, -0.2) is 0 Å². The Morgan fingerprint density at radius 2 is 1.96 bits per heavy atom. The van der Waals surface area contributed by atoms with Crippen molar-refractivity contribution in [1.82, 2.24) is 14.7 Å². The Hall–Kier alpha value is -3.03. The summed E-state index contributed by atoms with van der Waals surface area (Å²) in [6, 6.07) is 7.59. The topological polar surface area (TPSA) is 85.7 Å². The van der Waals surface area contributed by atoms with E-state index in [-0.39, 0.29) is 23.8 Å². The average Bonchev–Trinajstić information content (AvgIpc) is 3.14. The van der Waals surface area contributed by atoms with Gasteiger partial charge in [0.1, 0.15) is 6.61 Å². The van der Waals surface area contributed by atoms with E-state index in [4.69, 9.17) is 9.47 Å². The van der Waals surface area contributed by atoms with E-state index >= 15 is 0 Å². The van der Waals surface area contributed by atoms with Crippen LogP contribution in [-0.4, -0.2) is 52.3 Å². The summed E-state index contributed by atoms with van der Waals surface area (Å²) < 4.78 is 13.4. The number of rotatable bonds is 4. The van der Waals surface area contributed by atoms with Crippen molar-refractivity contribution in [3.8, 4) is 11.5 Å².